The maximum absolute atomic E-state index is 6.46. The molecule has 0 N–H and O–H groups in total. The summed E-state index contributed by atoms with van der Waals surface area (Å²) in [6, 6.07) is 18.4. The van der Waals surface area contributed by atoms with E-state index in [0.29, 0.717) is 12.1 Å². The standard InChI is InChI=1S/C28H40N2O2/c1-5-29(24-14-19-32-28(20-24)15-17-30(18-16-28)22(2)3)21-23-10-6-7-11-25(23)26-12-8-9-13-27(26)31-4/h6-13,22,24H,5,14-21H2,1-4H3/t24-/m1/s1. The number of rotatable bonds is 7. The monoisotopic (exact) mass is 436 g/mol. The Morgan fingerprint density at radius 1 is 1.06 bits per heavy atom. The van der Waals surface area contributed by atoms with Crippen LogP contribution < -0.4 is 4.74 Å². The van der Waals surface area contributed by atoms with Gasteiger partial charge in [0.25, 0.3) is 0 Å². The molecule has 0 aliphatic carbocycles. The van der Waals surface area contributed by atoms with Gasteiger partial charge in [0, 0.05) is 43.9 Å². The van der Waals surface area contributed by atoms with Crippen molar-refractivity contribution in [2.75, 3.05) is 33.4 Å². The SMILES string of the molecule is CCN(Cc1ccccc1-c1ccccc1OC)[C@@H]1CCOC2(CCN(C(C)C)CC2)C1. The highest BCUT2D eigenvalue weighted by Crippen LogP contribution is 2.38. The minimum absolute atomic E-state index is 0.0733. The summed E-state index contributed by atoms with van der Waals surface area (Å²) in [5.74, 6) is 0.935. The zero-order chi connectivity index (χ0) is 22.6. The molecule has 4 nitrogen and oxygen atoms in total. The third-order valence-electron chi connectivity index (χ3n) is 7.62. The van der Waals surface area contributed by atoms with Gasteiger partial charge in [-0.2, -0.15) is 0 Å². The zero-order valence-corrected chi connectivity index (χ0v) is 20.3. The third-order valence-corrected chi connectivity index (χ3v) is 7.62. The number of para-hydroxylation sites is 1. The van der Waals surface area contributed by atoms with E-state index < -0.39 is 0 Å². The van der Waals surface area contributed by atoms with Crippen LogP contribution in [0.25, 0.3) is 11.1 Å². The summed E-state index contributed by atoms with van der Waals surface area (Å²) >= 11 is 0. The molecule has 2 aromatic carbocycles. The first kappa shape index (κ1) is 23.3. The van der Waals surface area contributed by atoms with Gasteiger partial charge in [0.15, 0.2) is 0 Å². The zero-order valence-electron chi connectivity index (χ0n) is 20.3. The normalized spacial score (nSPS) is 21.4. The summed E-state index contributed by atoms with van der Waals surface area (Å²) in [5.41, 5.74) is 3.89. The van der Waals surface area contributed by atoms with Crippen LogP contribution in [0.4, 0.5) is 0 Å². The average Bonchev–Trinajstić information content (AvgIpc) is 2.83. The fourth-order valence-corrected chi connectivity index (χ4v) is 5.62. The first-order valence-corrected chi connectivity index (χ1v) is 12.4. The molecular formula is C28H40N2O2. The molecule has 1 spiro atoms. The Hall–Kier alpha value is -1.88. The molecule has 0 aromatic heterocycles. The van der Waals surface area contributed by atoms with Crippen LogP contribution in [0.5, 0.6) is 5.75 Å². The van der Waals surface area contributed by atoms with Gasteiger partial charge in [-0.3, -0.25) is 4.90 Å². The number of nitrogens with zero attached hydrogens (tertiary/aromatic N) is 2. The summed E-state index contributed by atoms with van der Waals surface area (Å²) in [6.45, 7) is 12.1. The summed E-state index contributed by atoms with van der Waals surface area (Å²) in [5, 5.41) is 0. The van der Waals surface area contributed by atoms with Crippen molar-refractivity contribution in [3.05, 3.63) is 54.1 Å². The van der Waals surface area contributed by atoms with Gasteiger partial charge in [0.1, 0.15) is 5.75 Å². The Morgan fingerprint density at radius 2 is 1.75 bits per heavy atom. The number of hydrogen-bond acceptors (Lipinski definition) is 4. The van der Waals surface area contributed by atoms with E-state index >= 15 is 0 Å². The molecule has 0 amide bonds. The Labute approximate surface area is 194 Å². The molecule has 2 aliphatic heterocycles. The van der Waals surface area contributed by atoms with Gasteiger partial charge in [-0.1, -0.05) is 49.4 Å². The van der Waals surface area contributed by atoms with Crippen molar-refractivity contribution in [2.24, 2.45) is 0 Å². The molecule has 2 fully saturated rings. The van der Waals surface area contributed by atoms with Gasteiger partial charge in [0.2, 0.25) is 0 Å². The molecule has 2 saturated heterocycles. The number of methoxy groups -OCH3 is 1. The predicted molar refractivity (Wildman–Crippen MR) is 132 cm³/mol. The second-order valence-electron chi connectivity index (χ2n) is 9.73. The highest BCUT2D eigenvalue weighted by atomic mass is 16.5. The van der Waals surface area contributed by atoms with Gasteiger partial charge in [0.05, 0.1) is 12.7 Å². The molecule has 2 aliphatic rings. The molecule has 4 rings (SSSR count). The molecule has 4 heteroatoms. The van der Waals surface area contributed by atoms with Crippen LogP contribution in [0.1, 0.15) is 52.0 Å². The molecule has 0 unspecified atom stereocenters. The van der Waals surface area contributed by atoms with Crippen LogP contribution in [0.3, 0.4) is 0 Å². The van der Waals surface area contributed by atoms with E-state index in [2.05, 4.69) is 73.0 Å². The van der Waals surface area contributed by atoms with E-state index in [1.807, 2.05) is 6.07 Å². The van der Waals surface area contributed by atoms with Crippen LogP contribution in [-0.2, 0) is 11.3 Å². The van der Waals surface area contributed by atoms with Crippen molar-refractivity contribution >= 4 is 0 Å². The van der Waals surface area contributed by atoms with Gasteiger partial charge >= 0.3 is 0 Å². The minimum atomic E-state index is 0.0733. The van der Waals surface area contributed by atoms with E-state index in [-0.39, 0.29) is 5.60 Å². The maximum atomic E-state index is 6.46. The van der Waals surface area contributed by atoms with Crippen LogP contribution in [0, 0.1) is 0 Å². The maximum Gasteiger partial charge on any atom is 0.126 e. The van der Waals surface area contributed by atoms with Gasteiger partial charge in [-0.15, -0.1) is 0 Å². The average molecular weight is 437 g/mol. The molecule has 2 heterocycles. The second-order valence-corrected chi connectivity index (χ2v) is 9.73. The number of benzene rings is 2. The largest absolute Gasteiger partial charge is 0.496 e. The fraction of sp³-hybridized carbons (Fsp3) is 0.571. The fourth-order valence-electron chi connectivity index (χ4n) is 5.62. The van der Waals surface area contributed by atoms with Crippen molar-refractivity contribution in [3.63, 3.8) is 0 Å². The van der Waals surface area contributed by atoms with Gasteiger partial charge < -0.3 is 14.4 Å². The number of ether oxygens (including phenoxy) is 2. The van der Waals surface area contributed by atoms with E-state index in [1.165, 1.54) is 16.7 Å². The number of hydrogen-bond donors (Lipinski definition) is 0. The smallest absolute Gasteiger partial charge is 0.126 e. The molecule has 32 heavy (non-hydrogen) atoms. The lowest BCUT2D eigenvalue weighted by molar-refractivity contribution is -0.135. The topological polar surface area (TPSA) is 24.9 Å². The van der Waals surface area contributed by atoms with Crippen molar-refractivity contribution in [2.45, 2.75) is 70.7 Å². The van der Waals surface area contributed by atoms with Crippen LogP contribution in [0.15, 0.2) is 48.5 Å². The molecule has 0 radical (unpaired) electrons. The van der Waals surface area contributed by atoms with Gasteiger partial charge in [-0.25, -0.2) is 0 Å². The van der Waals surface area contributed by atoms with E-state index in [9.17, 15) is 0 Å². The highest BCUT2D eigenvalue weighted by Gasteiger charge is 2.41. The number of piperidine rings is 1. The van der Waals surface area contributed by atoms with E-state index in [1.54, 1.807) is 7.11 Å². The first-order valence-electron chi connectivity index (χ1n) is 12.4. The summed E-state index contributed by atoms with van der Waals surface area (Å²) in [4.78, 5) is 5.27. The summed E-state index contributed by atoms with van der Waals surface area (Å²) in [7, 11) is 1.76. The minimum Gasteiger partial charge on any atom is -0.496 e. The van der Waals surface area contributed by atoms with Crippen molar-refractivity contribution in [1.29, 1.82) is 0 Å². The predicted octanol–water partition coefficient (Wildman–Crippen LogP) is 5.61. The summed E-state index contributed by atoms with van der Waals surface area (Å²) < 4.78 is 12.1. The molecule has 1 atom stereocenters. The Kier molecular flexibility index (Phi) is 7.55. The van der Waals surface area contributed by atoms with Crippen molar-refractivity contribution in [3.8, 4) is 16.9 Å². The van der Waals surface area contributed by atoms with E-state index in [4.69, 9.17) is 9.47 Å². The van der Waals surface area contributed by atoms with Crippen molar-refractivity contribution in [1.82, 2.24) is 9.80 Å². The van der Waals surface area contributed by atoms with Crippen molar-refractivity contribution < 1.29 is 9.47 Å². The lowest BCUT2D eigenvalue weighted by Crippen LogP contribution is -2.54. The van der Waals surface area contributed by atoms with Crippen LogP contribution in [-0.4, -0.2) is 60.8 Å². The highest BCUT2D eigenvalue weighted by molar-refractivity contribution is 5.73. The molecule has 0 bridgehead atoms. The third kappa shape index (κ3) is 5.03. The molecule has 174 valence electrons. The van der Waals surface area contributed by atoms with E-state index in [0.717, 1.165) is 64.2 Å². The van der Waals surface area contributed by atoms with Gasteiger partial charge in [-0.05, 0) is 63.3 Å². The molecule has 2 aromatic rings. The Balaban J connectivity index is 1.51. The Morgan fingerprint density at radius 3 is 2.44 bits per heavy atom. The second kappa shape index (κ2) is 10.4. The van der Waals surface area contributed by atoms with Crippen LogP contribution >= 0.6 is 0 Å². The molecule has 0 saturated carbocycles. The Bertz CT molecular complexity index is 873. The summed E-state index contributed by atoms with van der Waals surface area (Å²) in [6.07, 6.45) is 4.61. The molecular weight excluding hydrogens is 396 g/mol. The quantitative estimate of drug-likeness (QED) is 0.563. The van der Waals surface area contributed by atoms with Crippen LogP contribution in [0.2, 0.25) is 0 Å². The first-order chi connectivity index (χ1) is 15.5. The number of likely N-dealkylation sites (tertiary alicyclic amines) is 1. The lowest BCUT2D eigenvalue weighted by atomic mass is 9.81. The lowest BCUT2D eigenvalue weighted by Gasteiger charge is -2.49.